The second-order valence-corrected chi connectivity index (χ2v) is 4.33. The summed E-state index contributed by atoms with van der Waals surface area (Å²) in [5, 5.41) is 6.33. The van der Waals surface area contributed by atoms with Gasteiger partial charge in [-0.3, -0.25) is 0 Å². The van der Waals surface area contributed by atoms with Crippen molar-refractivity contribution in [3.8, 4) is 0 Å². The molecule has 3 N–H and O–H groups in total. The number of para-hydroxylation sites is 1. The Morgan fingerprint density at radius 3 is 2.55 bits per heavy atom. The molecule has 0 spiro atoms. The van der Waals surface area contributed by atoms with Crippen LogP contribution in [0.2, 0.25) is 0 Å². The highest BCUT2D eigenvalue weighted by Gasteiger charge is 2.07. The summed E-state index contributed by atoms with van der Waals surface area (Å²) in [7, 11) is 0. The molecule has 0 aliphatic carbocycles. The summed E-state index contributed by atoms with van der Waals surface area (Å²) in [5.41, 5.74) is 2.17. The molecule has 20 heavy (non-hydrogen) atoms. The van der Waals surface area contributed by atoms with E-state index in [1.54, 1.807) is 6.20 Å². The lowest BCUT2D eigenvalue weighted by Gasteiger charge is -2.06. The van der Waals surface area contributed by atoms with E-state index < -0.39 is 0 Å². The molecule has 0 fully saturated rings. The molecule has 100 valence electrons. The number of fused-ring (bicyclic) bond motifs is 1. The van der Waals surface area contributed by atoms with Crippen molar-refractivity contribution >= 4 is 28.3 Å². The monoisotopic (exact) mass is 269 g/mol. The molecule has 3 rings (SSSR count). The van der Waals surface area contributed by atoms with Gasteiger partial charge in [0.05, 0.1) is 5.69 Å². The Kier molecular flexibility index (Phi) is 3.09. The summed E-state index contributed by atoms with van der Waals surface area (Å²) in [5.74, 6) is -0.340. The number of hydrogen-bond donors (Lipinski definition) is 3. The number of nitrogens with one attached hydrogen (secondary N) is 3. The fraction of sp³-hybridized carbons (Fsp3) is 0. The van der Waals surface area contributed by atoms with Crippen molar-refractivity contribution in [2.75, 3.05) is 10.6 Å². The minimum Gasteiger partial charge on any atom is -0.359 e. The van der Waals surface area contributed by atoms with Gasteiger partial charge < -0.3 is 15.6 Å². The van der Waals surface area contributed by atoms with Gasteiger partial charge in [-0.25, -0.2) is 9.18 Å². The molecule has 2 aromatic carbocycles. The molecule has 1 aromatic heterocycles. The number of aromatic nitrogens is 1. The van der Waals surface area contributed by atoms with Crippen LogP contribution in [0.25, 0.3) is 10.9 Å². The number of halogens is 1. The number of amides is 2. The fourth-order valence-electron chi connectivity index (χ4n) is 1.99. The molecule has 0 radical (unpaired) electrons. The first kappa shape index (κ1) is 12.2. The largest absolute Gasteiger partial charge is 0.359 e. The maximum Gasteiger partial charge on any atom is 0.323 e. The summed E-state index contributed by atoms with van der Waals surface area (Å²) in [6, 6.07) is 12.9. The van der Waals surface area contributed by atoms with Crippen molar-refractivity contribution in [1.29, 1.82) is 0 Å². The summed E-state index contributed by atoms with van der Waals surface area (Å²) in [6.45, 7) is 0. The maximum atomic E-state index is 12.8. The molecule has 3 aromatic rings. The zero-order valence-electron chi connectivity index (χ0n) is 10.5. The van der Waals surface area contributed by atoms with Gasteiger partial charge in [0.1, 0.15) is 5.82 Å². The molecule has 0 aliphatic rings. The number of carbonyl (C=O) groups is 1. The van der Waals surface area contributed by atoms with E-state index in [9.17, 15) is 9.18 Å². The maximum absolute atomic E-state index is 12.8. The molecule has 5 heteroatoms. The predicted octanol–water partition coefficient (Wildman–Crippen LogP) is 3.95. The van der Waals surface area contributed by atoms with E-state index in [1.807, 2.05) is 24.3 Å². The standard InChI is InChI=1S/C15H12FN3O/c16-10-5-7-11(8-6-10)18-15(20)19-14-9-17-13-4-2-1-3-12(13)14/h1-9,17H,(H2,18,19,20). The zero-order valence-corrected chi connectivity index (χ0v) is 10.5. The number of H-pyrrole nitrogens is 1. The lowest BCUT2D eigenvalue weighted by molar-refractivity contribution is 0.262. The van der Waals surface area contributed by atoms with Gasteiger partial charge in [-0.15, -0.1) is 0 Å². The second kappa shape index (κ2) is 5.05. The third-order valence-electron chi connectivity index (χ3n) is 2.94. The van der Waals surface area contributed by atoms with Gasteiger partial charge >= 0.3 is 6.03 Å². The van der Waals surface area contributed by atoms with Crippen LogP contribution in [0.3, 0.4) is 0 Å². The zero-order chi connectivity index (χ0) is 13.9. The van der Waals surface area contributed by atoms with E-state index in [1.165, 1.54) is 24.3 Å². The van der Waals surface area contributed by atoms with Crippen LogP contribution < -0.4 is 10.6 Å². The summed E-state index contributed by atoms with van der Waals surface area (Å²) >= 11 is 0. The molecule has 4 nitrogen and oxygen atoms in total. The van der Waals surface area contributed by atoms with Crippen LogP contribution in [0.1, 0.15) is 0 Å². The van der Waals surface area contributed by atoms with Gasteiger partial charge in [0.25, 0.3) is 0 Å². The first-order valence-electron chi connectivity index (χ1n) is 6.12. The van der Waals surface area contributed by atoms with E-state index in [0.717, 1.165) is 10.9 Å². The molecule has 0 unspecified atom stereocenters. The molecule has 2 amide bonds. The Hall–Kier alpha value is -2.82. The van der Waals surface area contributed by atoms with Gasteiger partial charge in [0.2, 0.25) is 0 Å². The lowest BCUT2D eigenvalue weighted by Crippen LogP contribution is -2.19. The topological polar surface area (TPSA) is 56.9 Å². The Labute approximate surface area is 114 Å². The number of carbonyl (C=O) groups excluding carboxylic acids is 1. The van der Waals surface area contributed by atoms with Gasteiger partial charge in [-0.1, -0.05) is 18.2 Å². The minimum atomic E-state index is -0.374. The van der Waals surface area contributed by atoms with Crippen LogP contribution in [0.5, 0.6) is 0 Å². The molecule has 0 atom stereocenters. The van der Waals surface area contributed by atoms with Crippen molar-refractivity contribution in [3.63, 3.8) is 0 Å². The minimum absolute atomic E-state index is 0.340. The van der Waals surface area contributed by atoms with Crippen molar-refractivity contribution in [2.45, 2.75) is 0 Å². The molecular weight excluding hydrogens is 257 g/mol. The van der Waals surface area contributed by atoms with E-state index in [4.69, 9.17) is 0 Å². The summed E-state index contributed by atoms with van der Waals surface area (Å²) in [4.78, 5) is 15.0. The number of urea groups is 1. The summed E-state index contributed by atoms with van der Waals surface area (Å²) in [6.07, 6.45) is 1.73. The average molecular weight is 269 g/mol. The molecule has 0 aliphatic heterocycles. The number of anilines is 2. The van der Waals surface area contributed by atoms with Crippen LogP contribution in [0.4, 0.5) is 20.6 Å². The predicted molar refractivity (Wildman–Crippen MR) is 77.3 cm³/mol. The van der Waals surface area contributed by atoms with Crippen LogP contribution in [0.15, 0.2) is 54.7 Å². The van der Waals surface area contributed by atoms with Gasteiger partial charge in [-0.2, -0.15) is 0 Å². The van der Waals surface area contributed by atoms with Gasteiger partial charge in [0, 0.05) is 22.8 Å². The molecule has 0 saturated heterocycles. The normalized spacial score (nSPS) is 10.4. The van der Waals surface area contributed by atoms with Crippen LogP contribution in [-0.4, -0.2) is 11.0 Å². The number of hydrogen-bond acceptors (Lipinski definition) is 1. The molecule has 1 heterocycles. The van der Waals surface area contributed by atoms with Crippen molar-refractivity contribution in [3.05, 3.63) is 60.5 Å². The van der Waals surface area contributed by atoms with Crippen LogP contribution in [-0.2, 0) is 0 Å². The highest BCUT2D eigenvalue weighted by Crippen LogP contribution is 2.22. The highest BCUT2D eigenvalue weighted by atomic mass is 19.1. The van der Waals surface area contributed by atoms with Crippen molar-refractivity contribution in [1.82, 2.24) is 4.98 Å². The smallest absolute Gasteiger partial charge is 0.323 e. The second-order valence-electron chi connectivity index (χ2n) is 4.33. The molecule has 0 bridgehead atoms. The number of aromatic amines is 1. The SMILES string of the molecule is O=C(Nc1ccc(F)cc1)Nc1c[nH]c2ccccc12. The first-order valence-corrected chi connectivity index (χ1v) is 6.12. The highest BCUT2D eigenvalue weighted by molar-refractivity contribution is 6.05. The fourth-order valence-corrected chi connectivity index (χ4v) is 1.99. The third-order valence-corrected chi connectivity index (χ3v) is 2.94. The molecule has 0 saturated carbocycles. The van der Waals surface area contributed by atoms with E-state index in [2.05, 4.69) is 15.6 Å². The Morgan fingerprint density at radius 2 is 1.75 bits per heavy atom. The number of rotatable bonds is 2. The van der Waals surface area contributed by atoms with E-state index >= 15 is 0 Å². The number of benzene rings is 2. The molecular formula is C15H12FN3O. The Morgan fingerprint density at radius 1 is 1.00 bits per heavy atom. The van der Waals surface area contributed by atoms with E-state index in [-0.39, 0.29) is 11.8 Å². The lowest BCUT2D eigenvalue weighted by atomic mass is 10.2. The van der Waals surface area contributed by atoms with Gasteiger partial charge in [-0.05, 0) is 30.3 Å². The van der Waals surface area contributed by atoms with Crippen molar-refractivity contribution in [2.24, 2.45) is 0 Å². The summed E-state index contributed by atoms with van der Waals surface area (Å²) < 4.78 is 12.8. The third kappa shape index (κ3) is 2.47. The van der Waals surface area contributed by atoms with Crippen LogP contribution >= 0.6 is 0 Å². The first-order chi connectivity index (χ1) is 9.72. The van der Waals surface area contributed by atoms with Crippen molar-refractivity contribution < 1.29 is 9.18 Å². The van der Waals surface area contributed by atoms with Gasteiger partial charge in [0.15, 0.2) is 0 Å². The van der Waals surface area contributed by atoms with E-state index in [0.29, 0.717) is 11.4 Å². The quantitative estimate of drug-likeness (QED) is 0.648. The average Bonchev–Trinajstić information content (AvgIpc) is 2.85. The Balaban J connectivity index is 1.74. The Bertz CT molecular complexity index is 749. The van der Waals surface area contributed by atoms with Crippen LogP contribution in [0, 0.1) is 5.82 Å².